The fourth-order valence-corrected chi connectivity index (χ4v) is 3.70. The molecular formula is C15H17FN2O3. The molecule has 6 heteroatoms. The first-order valence-corrected chi connectivity index (χ1v) is 7.36. The van der Waals surface area contributed by atoms with E-state index in [1.54, 1.807) is 6.07 Å². The molecule has 3 atom stereocenters. The number of amides is 1. The summed E-state index contributed by atoms with van der Waals surface area (Å²) in [6.07, 6.45) is 2.01. The maximum Gasteiger partial charge on any atom is 0.257 e. The number of carbonyl (C=O) groups is 1. The van der Waals surface area contributed by atoms with Crippen LogP contribution in [0, 0.1) is 5.82 Å². The number of fused-ring (bicyclic) bond motifs is 2. The quantitative estimate of drug-likeness (QED) is 0.825. The maximum atomic E-state index is 14.5. The number of morpholine rings is 1. The number of rotatable bonds is 1. The van der Waals surface area contributed by atoms with Gasteiger partial charge in [0.15, 0.2) is 6.10 Å². The summed E-state index contributed by atoms with van der Waals surface area (Å²) in [4.78, 5) is 13.5. The zero-order valence-electron chi connectivity index (χ0n) is 11.5. The number of nitrogens with one attached hydrogen (secondary N) is 1. The van der Waals surface area contributed by atoms with E-state index in [0.717, 1.165) is 19.3 Å². The molecule has 0 spiro atoms. The number of ether oxygens (including phenoxy) is 1. The van der Waals surface area contributed by atoms with E-state index in [0.29, 0.717) is 30.1 Å². The Balaban J connectivity index is 1.72. The molecule has 1 saturated heterocycles. The van der Waals surface area contributed by atoms with Crippen molar-refractivity contribution in [2.24, 2.45) is 0 Å². The zero-order valence-corrected chi connectivity index (χ0v) is 11.5. The van der Waals surface area contributed by atoms with Gasteiger partial charge < -0.3 is 20.1 Å². The molecule has 1 aliphatic carbocycles. The van der Waals surface area contributed by atoms with Crippen molar-refractivity contribution < 1.29 is 19.0 Å². The fraction of sp³-hybridized carbons (Fsp3) is 0.533. The summed E-state index contributed by atoms with van der Waals surface area (Å²) in [5.74, 6) is -0.890. The normalized spacial score (nSPS) is 31.0. The van der Waals surface area contributed by atoms with Gasteiger partial charge in [0.25, 0.3) is 5.91 Å². The third-order valence-corrected chi connectivity index (χ3v) is 4.71. The van der Waals surface area contributed by atoms with Crippen LogP contribution in [0.2, 0.25) is 0 Å². The molecule has 2 aliphatic heterocycles. The molecule has 2 N–H and O–H groups in total. The van der Waals surface area contributed by atoms with Gasteiger partial charge in [-0.15, -0.1) is 0 Å². The number of aliphatic hydroxyl groups is 1. The summed E-state index contributed by atoms with van der Waals surface area (Å²) in [6.45, 7) is 1.24. The highest BCUT2D eigenvalue weighted by Crippen LogP contribution is 2.39. The molecular weight excluding hydrogens is 275 g/mol. The monoisotopic (exact) mass is 292 g/mol. The Hall–Kier alpha value is -1.66. The topological polar surface area (TPSA) is 61.8 Å². The van der Waals surface area contributed by atoms with Crippen molar-refractivity contribution in [3.05, 3.63) is 23.5 Å². The molecule has 112 valence electrons. The number of anilines is 2. The lowest BCUT2D eigenvalue weighted by atomic mass is 10.1. The Morgan fingerprint density at radius 3 is 3.10 bits per heavy atom. The Bertz CT molecular complexity index is 607. The van der Waals surface area contributed by atoms with E-state index in [1.165, 1.54) is 6.07 Å². The predicted molar refractivity (Wildman–Crippen MR) is 74.7 cm³/mol. The maximum absolute atomic E-state index is 14.5. The first kappa shape index (κ1) is 13.0. The highest BCUT2D eigenvalue weighted by molar-refractivity contribution is 6.02. The van der Waals surface area contributed by atoms with E-state index in [1.807, 2.05) is 4.90 Å². The third kappa shape index (κ3) is 1.93. The molecule has 0 radical (unpaired) electrons. The highest BCUT2D eigenvalue weighted by atomic mass is 19.1. The van der Waals surface area contributed by atoms with Crippen molar-refractivity contribution in [2.45, 2.75) is 37.5 Å². The van der Waals surface area contributed by atoms with Crippen LogP contribution in [0.15, 0.2) is 12.1 Å². The molecule has 21 heavy (non-hydrogen) atoms. The van der Waals surface area contributed by atoms with Crippen LogP contribution in [-0.2, 0) is 9.53 Å². The zero-order chi connectivity index (χ0) is 14.6. The van der Waals surface area contributed by atoms with Crippen molar-refractivity contribution in [3.63, 3.8) is 0 Å². The van der Waals surface area contributed by atoms with Crippen molar-refractivity contribution in [2.75, 3.05) is 23.4 Å². The fourth-order valence-electron chi connectivity index (χ4n) is 3.70. The van der Waals surface area contributed by atoms with Gasteiger partial charge in [0.1, 0.15) is 5.82 Å². The van der Waals surface area contributed by atoms with Gasteiger partial charge in [-0.3, -0.25) is 4.79 Å². The Morgan fingerprint density at radius 1 is 1.38 bits per heavy atom. The molecule has 2 heterocycles. The molecule has 1 amide bonds. The van der Waals surface area contributed by atoms with E-state index < -0.39 is 17.8 Å². The largest absolute Gasteiger partial charge is 0.378 e. The standard InChI is InChI=1S/C15H17FN2O3/c16-9-6-8-10(17-15(20)14(8)19)7-12(9)18-4-5-21-13-3-1-2-11(13)18/h6-7,11,13-14,19H,1-5H2,(H,17,20). The lowest BCUT2D eigenvalue weighted by Gasteiger charge is -2.39. The van der Waals surface area contributed by atoms with Crippen LogP contribution < -0.4 is 10.2 Å². The third-order valence-electron chi connectivity index (χ3n) is 4.71. The first-order chi connectivity index (χ1) is 10.1. The van der Waals surface area contributed by atoms with Crippen LogP contribution >= 0.6 is 0 Å². The summed E-state index contributed by atoms with van der Waals surface area (Å²) >= 11 is 0. The van der Waals surface area contributed by atoms with E-state index in [9.17, 15) is 14.3 Å². The number of benzene rings is 1. The summed E-state index contributed by atoms with van der Waals surface area (Å²) in [5.41, 5.74) is 1.31. The van der Waals surface area contributed by atoms with Gasteiger partial charge in [0.2, 0.25) is 0 Å². The van der Waals surface area contributed by atoms with E-state index in [4.69, 9.17) is 4.74 Å². The van der Waals surface area contributed by atoms with Crippen LogP contribution in [0.25, 0.3) is 0 Å². The molecule has 2 fully saturated rings. The molecule has 3 aliphatic rings. The van der Waals surface area contributed by atoms with E-state index in [-0.39, 0.29) is 12.1 Å². The van der Waals surface area contributed by atoms with E-state index in [2.05, 4.69) is 5.32 Å². The van der Waals surface area contributed by atoms with Crippen molar-refractivity contribution in [3.8, 4) is 0 Å². The Labute approximate surface area is 121 Å². The Kier molecular flexibility index (Phi) is 2.90. The van der Waals surface area contributed by atoms with Gasteiger partial charge >= 0.3 is 0 Å². The lowest BCUT2D eigenvalue weighted by molar-refractivity contribution is -0.123. The van der Waals surface area contributed by atoms with Gasteiger partial charge in [-0.25, -0.2) is 4.39 Å². The molecule has 0 aromatic heterocycles. The number of hydrogen-bond donors (Lipinski definition) is 2. The number of aliphatic hydroxyl groups excluding tert-OH is 1. The molecule has 1 aromatic carbocycles. The van der Waals surface area contributed by atoms with Gasteiger partial charge in [-0.1, -0.05) is 0 Å². The minimum atomic E-state index is -1.27. The summed E-state index contributed by atoms with van der Waals surface area (Å²) in [5, 5.41) is 12.3. The van der Waals surface area contributed by atoms with Gasteiger partial charge in [-0.05, 0) is 31.4 Å². The van der Waals surface area contributed by atoms with Crippen molar-refractivity contribution in [1.29, 1.82) is 0 Å². The van der Waals surface area contributed by atoms with E-state index >= 15 is 0 Å². The smallest absolute Gasteiger partial charge is 0.257 e. The minimum absolute atomic E-state index is 0.173. The summed E-state index contributed by atoms with van der Waals surface area (Å²) in [6, 6.07) is 3.11. The van der Waals surface area contributed by atoms with Gasteiger partial charge in [0.05, 0.1) is 24.4 Å². The van der Waals surface area contributed by atoms with Crippen molar-refractivity contribution in [1.82, 2.24) is 0 Å². The molecule has 5 nitrogen and oxygen atoms in total. The van der Waals surface area contributed by atoms with Crippen molar-refractivity contribution >= 4 is 17.3 Å². The van der Waals surface area contributed by atoms with Gasteiger partial charge in [0, 0.05) is 17.8 Å². The number of carbonyl (C=O) groups excluding carboxylic acids is 1. The highest BCUT2D eigenvalue weighted by Gasteiger charge is 2.38. The second kappa shape index (κ2) is 4.68. The lowest BCUT2D eigenvalue weighted by Crippen LogP contribution is -2.49. The molecule has 1 aromatic rings. The van der Waals surface area contributed by atoms with Gasteiger partial charge in [-0.2, -0.15) is 0 Å². The number of nitrogens with zero attached hydrogens (tertiary/aromatic N) is 1. The van der Waals surface area contributed by atoms with Crippen LogP contribution in [0.4, 0.5) is 15.8 Å². The summed E-state index contributed by atoms with van der Waals surface area (Å²) in [7, 11) is 0. The van der Waals surface area contributed by atoms with Crippen LogP contribution in [-0.4, -0.2) is 36.3 Å². The minimum Gasteiger partial charge on any atom is -0.378 e. The SMILES string of the molecule is O=C1Nc2cc(N3CCOC4CCCC43)c(F)cc2C1O. The summed E-state index contributed by atoms with van der Waals surface area (Å²) < 4.78 is 20.2. The molecule has 1 saturated carbocycles. The van der Waals surface area contributed by atoms with Crippen LogP contribution in [0.3, 0.4) is 0 Å². The average Bonchev–Trinajstić information content (AvgIpc) is 3.05. The average molecular weight is 292 g/mol. The number of halogens is 1. The second-order valence-electron chi connectivity index (χ2n) is 5.88. The Morgan fingerprint density at radius 2 is 2.24 bits per heavy atom. The number of hydrogen-bond acceptors (Lipinski definition) is 4. The first-order valence-electron chi connectivity index (χ1n) is 7.36. The molecule has 3 unspecified atom stereocenters. The molecule has 0 bridgehead atoms. The molecule has 4 rings (SSSR count). The van der Waals surface area contributed by atoms with Crippen LogP contribution in [0.1, 0.15) is 30.9 Å². The van der Waals surface area contributed by atoms with Crippen LogP contribution in [0.5, 0.6) is 0 Å². The predicted octanol–water partition coefficient (Wildman–Crippen LogP) is 1.57. The second-order valence-corrected chi connectivity index (χ2v) is 5.88.